The number of aryl methyl sites for hydroxylation is 3. The number of hydrogen-bond donors (Lipinski definition) is 2. The van der Waals surface area contributed by atoms with E-state index in [2.05, 4.69) is 35.5 Å². The van der Waals surface area contributed by atoms with Crippen LogP contribution in [-0.2, 0) is 4.74 Å². The van der Waals surface area contributed by atoms with Gasteiger partial charge in [0.25, 0.3) is 0 Å². The number of alkyl carbamates (subject to hydrolysis) is 1. The fourth-order valence-electron chi connectivity index (χ4n) is 2.70. The van der Waals surface area contributed by atoms with E-state index in [1.165, 1.54) is 11.1 Å². The topological polar surface area (TPSA) is 63.2 Å². The maximum atomic E-state index is 11.8. The molecule has 2 atom stereocenters. The van der Waals surface area contributed by atoms with Crippen LogP contribution in [0, 0.1) is 20.8 Å². The van der Waals surface area contributed by atoms with Crippen LogP contribution in [0.3, 0.4) is 0 Å². The molecule has 1 aromatic heterocycles. The van der Waals surface area contributed by atoms with Crippen molar-refractivity contribution in [2.45, 2.75) is 73.1 Å². The van der Waals surface area contributed by atoms with Crippen molar-refractivity contribution in [1.29, 1.82) is 0 Å². The van der Waals surface area contributed by atoms with Crippen LogP contribution < -0.4 is 10.6 Å². The molecule has 0 bridgehead atoms. The van der Waals surface area contributed by atoms with E-state index in [0.717, 1.165) is 11.4 Å². The van der Waals surface area contributed by atoms with Gasteiger partial charge in [-0.3, -0.25) is 4.98 Å². The van der Waals surface area contributed by atoms with Crippen molar-refractivity contribution in [2.75, 3.05) is 6.54 Å². The fourth-order valence-corrected chi connectivity index (χ4v) is 2.70. The Morgan fingerprint density at radius 3 is 2.39 bits per heavy atom. The van der Waals surface area contributed by atoms with Gasteiger partial charge < -0.3 is 15.4 Å². The summed E-state index contributed by atoms with van der Waals surface area (Å²) in [7, 11) is 0. The first-order valence-electron chi connectivity index (χ1n) is 8.17. The lowest BCUT2D eigenvalue weighted by Crippen LogP contribution is -2.43. The Kier molecular flexibility index (Phi) is 6.57. The van der Waals surface area contributed by atoms with E-state index in [0.29, 0.717) is 6.54 Å². The number of nitrogens with zero attached hydrogens (tertiary/aromatic N) is 1. The maximum absolute atomic E-state index is 11.8. The van der Waals surface area contributed by atoms with Crippen molar-refractivity contribution in [3.63, 3.8) is 0 Å². The van der Waals surface area contributed by atoms with Gasteiger partial charge in [0.05, 0.1) is 0 Å². The highest BCUT2D eigenvalue weighted by molar-refractivity contribution is 5.68. The lowest BCUT2D eigenvalue weighted by molar-refractivity contribution is 0.0507. The van der Waals surface area contributed by atoms with E-state index in [1.54, 1.807) is 0 Å². The van der Waals surface area contributed by atoms with Crippen LogP contribution >= 0.6 is 0 Å². The third kappa shape index (κ3) is 6.57. The van der Waals surface area contributed by atoms with Crippen LogP contribution in [0.4, 0.5) is 4.79 Å². The predicted molar refractivity (Wildman–Crippen MR) is 93.7 cm³/mol. The molecule has 23 heavy (non-hydrogen) atoms. The van der Waals surface area contributed by atoms with Gasteiger partial charge in [-0.25, -0.2) is 4.79 Å². The van der Waals surface area contributed by atoms with Crippen LogP contribution in [0.25, 0.3) is 0 Å². The summed E-state index contributed by atoms with van der Waals surface area (Å²) in [6.45, 7) is 16.5. The Morgan fingerprint density at radius 2 is 1.87 bits per heavy atom. The van der Waals surface area contributed by atoms with Crippen molar-refractivity contribution < 1.29 is 9.53 Å². The molecule has 2 N–H and O–H groups in total. The second kappa shape index (κ2) is 7.77. The molecule has 0 aliphatic carbocycles. The number of ether oxygens (including phenoxy) is 1. The van der Waals surface area contributed by atoms with Crippen LogP contribution in [0.15, 0.2) is 6.07 Å². The number of rotatable bonds is 5. The highest BCUT2D eigenvalue weighted by Crippen LogP contribution is 2.21. The zero-order chi connectivity index (χ0) is 17.8. The van der Waals surface area contributed by atoms with E-state index in [4.69, 9.17) is 4.74 Å². The van der Waals surface area contributed by atoms with Gasteiger partial charge in [0, 0.05) is 30.0 Å². The third-order valence-electron chi connectivity index (χ3n) is 3.51. The first kappa shape index (κ1) is 19.4. The molecule has 0 spiro atoms. The van der Waals surface area contributed by atoms with Crippen molar-refractivity contribution in [2.24, 2.45) is 0 Å². The number of amides is 1. The number of carbonyl (C=O) groups excluding carboxylic acids is 1. The first-order valence-corrected chi connectivity index (χ1v) is 8.17. The number of aromatic nitrogens is 1. The number of carbonyl (C=O) groups is 1. The van der Waals surface area contributed by atoms with Gasteiger partial charge in [0.15, 0.2) is 0 Å². The van der Waals surface area contributed by atoms with Crippen LogP contribution in [0.5, 0.6) is 0 Å². The summed E-state index contributed by atoms with van der Waals surface area (Å²) in [5, 5.41) is 6.30. The van der Waals surface area contributed by atoms with Crippen LogP contribution in [-0.4, -0.2) is 29.3 Å². The summed E-state index contributed by atoms with van der Waals surface area (Å²) < 4.78 is 5.26. The summed E-state index contributed by atoms with van der Waals surface area (Å²) in [6, 6.07) is 2.25. The minimum atomic E-state index is -0.480. The van der Waals surface area contributed by atoms with E-state index < -0.39 is 5.60 Å². The molecule has 130 valence electrons. The standard InChI is InChI=1S/C18H31N3O2/c1-11-9-12(2)20-15(5)16(11)14(4)19-10-13(3)21-17(22)23-18(6,7)8/h9,13-14,19H,10H2,1-8H3,(H,21,22). The monoisotopic (exact) mass is 321 g/mol. The van der Waals surface area contributed by atoms with Gasteiger partial charge >= 0.3 is 6.09 Å². The molecular weight excluding hydrogens is 290 g/mol. The Morgan fingerprint density at radius 1 is 1.26 bits per heavy atom. The number of pyridine rings is 1. The summed E-state index contributed by atoms with van der Waals surface area (Å²) in [5.41, 5.74) is 4.07. The molecule has 0 aliphatic heterocycles. The molecule has 0 saturated heterocycles. The first-order chi connectivity index (χ1) is 10.5. The van der Waals surface area contributed by atoms with Crippen molar-refractivity contribution in [3.05, 3.63) is 28.6 Å². The lowest BCUT2D eigenvalue weighted by Gasteiger charge is -2.24. The molecule has 0 aliphatic rings. The molecule has 0 fully saturated rings. The van der Waals surface area contributed by atoms with Gasteiger partial charge in [-0.15, -0.1) is 0 Å². The minimum Gasteiger partial charge on any atom is -0.444 e. The molecule has 1 rings (SSSR count). The molecule has 0 saturated carbocycles. The average Bonchev–Trinajstić information content (AvgIpc) is 2.32. The third-order valence-corrected chi connectivity index (χ3v) is 3.51. The maximum Gasteiger partial charge on any atom is 0.407 e. The summed E-state index contributed by atoms with van der Waals surface area (Å²) >= 11 is 0. The highest BCUT2D eigenvalue weighted by Gasteiger charge is 2.18. The van der Waals surface area contributed by atoms with Gasteiger partial charge in [0.1, 0.15) is 5.60 Å². The summed E-state index contributed by atoms with van der Waals surface area (Å²) in [4.78, 5) is 16.3. The summed E-state index contributed by atoms with van der Waals surface area (Å²) in [6.07, 6.45) is -0.385. The van der Waals surface area contributed by atoms with Gasteiger partial charge in [-0.05, 0) is 72.6 Å². The second-order valence-corrected chi connectivity index (χ2v) is 7.26. The Bertz CT molecular complexity index is 527. The van der Waals surface area contributed by atoms with E-state index in [9.17, 15) is 4.79 Å². The van der Waals surface area contributed by atoms with Crippen LogP contribution in [0.2, 0.25) is 0 Å². The smallest absolute Gasteiger partial charge is 0.407 e. The van der Waals surface area contributed by atoms with Crippen molar-refractivity contribution in [3.8, 4) is 0 Å². The predicted octanol–water partition coefficient (Wildman–Crippen LogP) is 3.57. The van der Waals surface area contributed by atoms with Crippen LogP contribution in [0.1, 0.15) is 63.2 Å². The molecule has 1 amide bonds. The highest BCUT2D eigenvalue weighted by atomic mass is 16.6. The number of hydrogen-bond acceptors (Lipinski definition) is 4. The Balaban J connectivity index is 2.56. The van der Waals surface area contributed by atoms with Gasteiger partial charge in [-0.2, -0.15) is 0 Å². The van der Waals surface area contributed by atoms with E-state index in [-0.39, 0.29) is 18.2 Å². The minimum absolute atomic E-state index is 0.0219. The zero-order valence-corrected chi connectivity index (χ0v) is 15.7. The van der Waals surface area contributed by atoms with Gasteiger partial charge in [0.2, 0.25) is 0 Å². The molecular formula is C18H31N3O2. The second-order valence-electron chi connectivity index (χ2n) is 7.26. The van der Waals surface area contributed by atoms with E-state index >= 15 is 0 Å². The van der Waals surface area contributed by atoms with Crippen molar-refractivity contribution >= 4 is 6.09 Å². The molecule has 1 aromatic rings. The van der Waals surface area contributed by atoms with E-state index in [1.807, 2.05) is 41.5 Å². The average molecular weight is 321 g/mol. The molecule has 2 unspecified atom stereocenters. The lowest BCUT2D eigenvalue weighted by atomic mass is 10.0. The molecule has 5 heteroatoms. The SMILES string of the molecule is Cc1cc(C)c(C(C)NCC(C)NC(=O)OC(C)(C)C)c(C)n1. The summed E-state index contributed by atoms with van der Waals surface area (Å²) in [5.74, 6) is 0. The number of nitrogens with one attached hydrogen (secondary N) is 2. The molecule has 5 nitrogen and oxygen atoms in total. The normalized spacial score (nSPS) is 14.3. The quantitative estimate of drug-likeness (QED) is 0.870. The largest absolute Gasteiger partial charge is 0.444 e. The fraction of sp³-hybridized carbons (Fsp3) is 0.667. The van der Waals surface area contributed by atoms with Crippen molar-refractivity contribution in [1.82, 2.24) is 15.6 Å². The molecule has 0 aromatic carbocycles. The zero-order valence-electron chi connectivity index (χ0n) is 15.7. The Hall–Kier alpha value is -1.62. The van der Waals surface area contributed by atoms with Gasteiger partial charge in [-0.1, -0.05) is 0 Å². The molecule has 0 radical (unpaired) electrons. The molecule has 1 heterocycles. The Labute approximate surface area is 140 Å².